The van der Waals surface area contributed by atoms with Gasteiger partial charge >= 0.3 is 11.9 Å². The molecular formula is C51H77N9O15S. The number of carbonyl (C=O) groups excluding carboxylic acids is 8. The van der Waals surface area contributed by atoms with Crippen LogP contribution < -0.4 is 48.3 Å². The number of aliphatic carboxylic acids is 2. The molecule has 0 spiro atoms. The molecule has 0 aliphatic carbocycles. The highest BCUT2D eigenvalue weighted by Crippen LogP contribution is 2.15. The van der Waals surface area contributed by atoms with Gasteiger partial charge in [0.05, 0.1) is 18.8 Å². The molecule has 2 aromatic rings. The van der Waals surface area contributed by atoms with Crippen molar-refractivity contribution in [3.8, 4) is 5.75 Å². The SMILES string of the molecule is CC[C@H](C)[C@H](N)C(=O)N[C@@H](Cc1ccccc1)C(=O)N[C@H](C(=O)N[C@@H](CO)C(=O)N[C@@H](Cc1ccc(O)cc1)C(=O)N[C@@H](CC(C)C)C(=O)N[C@@H](CCC(=O)O)C(=O)N[C@@H](CS)C(=O)N[C@@H](CC(C)C)C(=O)O)[C@@H](C)O. The second-order valence-electron chi connectivity index (χ2n) is 19.5. The number of carboxylic acids is 2. The number of aromatic hydroxyl groups is 1. The van der Waals surface area contributed by atoms with Crippen molar-refractivity contribution in [2.45, 2.75) is 154 Å². The molecule has 422 valence electrons. The van der Waals surface area contributed by atoms with Crippen LogP contribution in [0.1, 0.15) is 91.7 Å². The smallest absolute Gasteiger partial charge is 0.326 e. The summed E-state index contributed by atoms with van der Waals surface area (Å²) in [4.78, 5) is 133. The highest BCUT2D eigenvalue weighted by Gasteiger charge is 2.36. The molecule has 15 N–H and O–H groups in total. The summed E-state index contributed by atoms with van der Waals surface area (Å²) in [5, 5.41) is 69.7. The van der Waals surface area contributed by atoms with Gasteiger partial charge in [-0.05, 0) is 67.2 Å². The third kappa shape index (κ3) is 22.6. The van der Waals surface area contributed by atoms with E-state index in [0.29, 0.717) is 17.5 Å². The average Bonchev–Trinajstić information content (AvgIpc) is 3.36. The minimum atomic E-state index is -1.83. The van der Waals surface area contributed by atoms with Crippen LogP contribution in [0.25, 0.3) is 0 Å². The Morgan fingerprint density at radius 3 is 1.46 bits per heavy atom. The Kier molecular flexibility index (Phi) is 28.0. The van der Waals surface area contributed by atoms with Crippen LogP contribution in [0, 0.1) is 17.8 Å². The number of aliphatic hydroxyl groups is 2. The van der Waals surface area contributed by atoms with Gasteiger partial charge in [0, 0.05) is 25.0 Å². The molecule has 2 aromatic carbocycles. The monoisotopic (exact) mass is 1090 g/mol. The van der Waals surface area contributed by atoms with Crippen molar-refractivity contribution in [2.24, 2.45) is 23.5 Å². The van der Waals surface area contributed by atoms with E-state index in [-0.39, 0.29) is 54.9 Å². The Labute approximate surface area is 447 Å². The summed E-state index contributed by atoms with van der Waals surface area (Å²) in [5.74, 6) is -11.5. The lowest BCUT2D eigenvalue weighted by Gasteiger charge is -2.29. The number of phenolic OH excluding ortho intramolecular Hbond substituents is 1. The first kappa shape index (κ1) is 65.3. The normalized spacial score (nSPS) is 15.6. The van der Waals surface area contributed by atoms with Gasteiger partial charge in [-0.1, -0.05) is 90.4 Å². The molecule has 0 heterocycles. The van der Waals surface area contributed by atoms with Crippen LogP contribution in [0.3, 0.4) is 0 Å². The lowest BCUT2D eigenvalue weighted by atomic mass is 9.98. The van der Waals surface area contributed by atoms with E-state index in [1.54, 1.807) is 65.0 Å². The van der Waals surface area contributed by atoms with Gasteiger partial charge in [0.15, 0.2) is 0 Å². The number of phenols is 1. The number of hydrogen-bond donors (Lipinski definition) is 15. The van der Waals surface area contributed by atoms with Crippen molar-refractivity contribution in [1.29, 1.82) is 0 Å². The zero-order chi connectivity index (χ0) is 57.4. The molecule has 0 fully saturated rings. The van der Waals surface area contributed by atoms with E-state index in [4.69, 9.17) is 5.73 Å². The van der Waals surface area contributed by atoms with Gasteiger partial charge in [-0.15, -0.1) is 0 Å². The second-order valence-corrected chi connectivity index (χ2v) is 19.9. The summed E-state index contributed by atoms with van der Waals surface area (Å²) < 4.78 is 0. The number of benzene rings is 2. The third-order valence-electron chi connectivity index (χ3n) is 12.1. The number of rotatable bonds is 33. The summed E-state index contributed by atoms with van der Waals surface area (Å²) in [7, 11) is 0. The largest absolute Gasteiger partial charge is 0.508 e. The van der Waals surface area contributed by atoms with Crippen LogP contribution >= 0.6 is 12.6 Å². The van der Waals surface area contributed by atoms with Gasteiger partial charge in [0.1, 0.15) is 54.1 Å². The number of carbonyl (C=O) groups is 10. The first-order chi connectivity index (χ1) is 35.7. The molecule has 0 radical (unpaired) electrons. The molecule has 8 amide bonds. The minimum Gasteiger partial charge on any atom is -0.508 e. The summed E-state index contributed by atoms with van der Waals surface area (Å²) in [6, 6.07) is 0.823. The number of hydrogen-bond acceptors (Lipinski definition) is 15. The number of nitrogens with two attached hydrogens (primary N) is 1. The van der Waals surface area contributed by atoms with Crippen LogP contribution in [0.4, 0.5) is 0 Å². The zero-order valence-corrected chi connectivity index (χ0v) is 44.8. The highest BCUT2D eigenvalue weighted by atomic mass is 32.1. The molecule has 0 saturated heterocycles. The highest BCUT2D eigenvalue weighted by molar-refractivity contribution is 7.80. The van der Waals surface area contributed by atoms with Gasteiger partial charge < -0.3 is 73.8 Å². The second kappa shape index (κ2) is 32.6. The predicted molar refractivity (Wildman–Crippen MR) is 281 cm³/mol. The van der Waals surface area contributed by atoms with Crippen LogP contribution in [0.2, 0.25) is 0 Å². The summed E-state index contributed by atoms with van der Waals surface area (Å²) in [6.45, 7) is 10.6. The number of amides is 8. The van der Waals surface area contributed by atoms with Gasteiger partial charge in [-0.2, -0.15) is 12.6 Å². The van der Waals surface area contributed by atoms with Crippen molar-refractivity contribution in [1.82, 2.24) is 42.5 Å². The molecule has 0 bridgehead atoms. The van der Waals surface area contributed by atoms with Gasteiger partial charge in [-0.25, -0.2) is 4.79 Å². The molecule has 11 atom stereocenters. The molecule has 0 aromatic heterocycles. The van der Waals surface area contributed by atoms with Crippen molar-refractivity contribution in [3.05, 3.63) is 65.7 Å². The third-order valence-corrected chi connectivity index (χ3v) is 12.5. The van der Waals surface area contributed by atoms with Gasteiger partial charge in [0.25, 0.3) is 0 Å². The fourth-order valence-corrected chi connectivity index (χ4v) is 7.78. The lowest BCUT2D eigenvalue weighted by molar-refractivity contribution is -0.142. The van der Waals surface area contributed by atoms with E-state index in [1.165, 1.54) is 31.2 Å². The van der Waals surface area contributed by atoms with Crippen molar-refractivity contribution < 1.29 is 73.5 Å². The summed E-state index contributed by atoms with van der Waals surface area (Å²) in [6.07, 6.45) is -2.54. The van der Waals surface area contributed by atoms with Crippen molar-refractivity contribution in [2.75, 3.05) is 12.4 Å². The summed E-state index contributed by atoms with van der Waals surface area (Å²) in [5.41, 5.74) is 7.16. The molecule has 0 unspecified atom stereocenters. The Morgan fingerprint density at radius 2 is 0.961 bits per heavy atom. The quantitative estimate of drug-likeness (QED) is 0.0372. The number of aliphatic hydroxyl groups excluding tert-OH is 2. The topological polar surface area (TPSA) is 394 Å². The van der Waals surface area contributed by atoms with E-state index in [1.807, 2.05) is 6.92 Å². The Hall–Kier alpha value is -6.83. The zero-order valence-electron chi connectivity index (χ0n) is 43.9. The van der Waals surface area contributed by atoms with E-state index >= 15 is 0 Å². The molecule has 0 saturated carbocycles. The van der Waals surface area contributed by atoms with Crippen LogP contribution in [0.5, 0.6) is 5.75 Å². The lowest BCUT2D eigenvalue weighted by Crippen LogP contribution is -2.62. The fraction of sp³-hybridized carbons (Fsp3) is 0.569. The predicted octanol–water partition coefficient (Wildman–Crippen LogP) is -1.23. The maximum atomic E-state index is 14.3. The van der Waals surface area contributed by atoms with E-state index in [2.05, 4.69) is 55.2 Å². The van der Waals surface area contributed by atoms with E-state index < -0.39 is 139 Å². The van der Waals surface area contributed by atoms with Gasteiger partial charge in [0.2, 0.25) is 47.3 Å². The molecule has 24 nitrogen and oxygen atoms in total. The Morgan fingerprint density at radius 1 is 0.539 bits per heavy atom. The maximum Gasteiger partial charge on any atom is 0.326 e. The molecule has 2 rings (SSSR count). The molecule has 25 heteroatoms. The van der Waals surface area contributed by atoms with Crippen molar-refractivity contribution >= 4 is 71.8 Å². The van der Waals surface area contributed by atoms with Crippen molar-refractivity contribution in [3.63, 3.8) is 0 Å². The van der Waals surface area contributed by atoms with Crippen LogP contribution in [-0.2, 0) is 60.8 Å². The van der Waals surface area contributed by atoms with E-state index in [9.17, 15) is 73.5 Å². The molecular weight excluding hydrogens is 1010 g/mol. The molecule has 0 aliphatic heterocycles. The Bertz CT molecular complexity index is 2270. The number of nitrogens with one attached hydrogen (secondary N) is 8. The Balaban J connectivity index is 2.42. The molecule has 0 aliphatic rings. The first-order valence-electron chi connectivity index (χ1n) is 25.1. The van der Waals surface area contributed by atoms with Crippen LogP contribution in [0.15, 0.2) is 54.6 Å². The average molecular weight is 1090 g/mol. The first-order valence-corrected chi connectivity index (χ1v) is 25.7. The summed E-state index contributed by atoms with van der Waals surface area (Å²) >= 11 is 4.12. The number of carboxylic acid groups (broad SMARTS) is 2. The minimum absolute atomic E-state index is 0.0418. The standard InChI is InChI=1S/C51H77N9O15S/c1-8-28(6)41(52)49(72)56-36(22-30-12-10-9-11-13-30)46(69)60-42(29(7)62)50(73)58-38(24-61)47(70)55-35(23-31-14-16-32(63)17-15-31)45(68)54-34(20-26(2)3)44(67)53-33(18-19-40(64)65)43(66)59-39(25-76)48(71)57-37(51(74)75)21-27(4)5/h9-17,26-29,33-39,41-42,61-63,76H,8,18-25,52H2,1-7H3,(H,53,67)(H,54,68)(H,55,70)(H,56,72)(H,57,71)(H,58,73)(H,59,66)(H,60,69)(H,64,65)(H,74,75)/t28-,29+,33-,34-,35-,36-,37-,38-,39-,41-,42-/m0/s1. The van der Waals surface area contributed by atoms with Gasteiger partial charge in [-0.3, -0.25) is 43.2 Å². The maximum absolute atomic E-state index is 14.3. The van der Waals surface area contributed by atoms with E-state index in [0.717, 1.165) is 0 Å². The van der Waals surface area contributed by atoms with Crippen LogP contribution in [-0.4, -0.2) is 158 Å². The fourth-order valence-electron chi connectivity index (χ4n) is 7.52. The molecule has 76 heavy (non-hydrogen) atoms. The number of thiol groups is 1.